The van der Waals surface area contributed by atoms with Gasteiger partial charge in [-0.1, -0.05) is 30.3 Å². The van der Waals surface area contributed by atoms with Gasteiger partial charge in [0.15, 0.2) is 5.69 Å². The molecule has 136 valence electrons. The summed E-state index contributed by atoms with van der Waals surface area (Å²) in [5, 5.41) is 19.7. The molecule has 1 N–H and O–H groups in total. The van der Waals surface area contributed by atoms with Gasteiger partial charge in [0.05, 0.1) is 16.0 Å². The van der Waals surface area contributed by atoms with Crippen LogP contribution in [0.5, 0.6) is 0 Å². The van der Waals surface area contributed by atoms with Crippen LogP contribution < -0.4 is 11.0 Å². The van der Waals surface area contributed by atoms with Gasteiger partial charge in [0, 0.05) is 30.1 Å². The lowest BCUT2D eigenvalue weighted by molar-refractivity contribution is -0.384. The number of rotatable bonds is 4. The topological polar surface area (TPSA) is 119 Å². The van der Waals surface area contributed by atoms with Crippen molar-refractivity contribution in [3.63, 3.8) is 0 Å². The van der Waals surface area contributed by atoms with Crippen LogP contribution in [0.3, 0.4) is 0 Å². The van der Waals surface area contributed by atoms with Gasteiger partial charge in [0.2, 0.25) is 0 Å². The third-order valence-corrected chi connectivity index (χ3v) is 3.97. The standard InChI is InChI=1S/C18H15N5O4/c1-11(12-6-5-7-13(10-12)23(26)27)19-20-17(24)16-14-8-3-4-9-15(14)18(25)22(2)21-16/h3-10H,1-2H3,(H,20,24)/b19-11-. The van der Waals surface area contributed by atoms with E-state index in [1.165, 1.54) is 25.2 Å². The Hall–Kier alpha value is -3.88. The molecular weight excluding hydrogens is 350 g/mol. The van der Waals surface area contributed by atoms with Crippen molar-refractivity contribution in [1.82, 2.24) is 15.2 Å². The summed E-state index contributed by atoms with van der Waals surface area (Å²) in [5.41, 5.74) is 2.96. The molecule has 0 unspecified atom stereocenters. The van der Waals surface area contributed by atoms with Crippen molar-refractivity contribution in [3.8, 4) is 0 Å². The summed E-state index contributed by atoms with van der Waals surface area (Å²) >= 11 is 0. The second kappa shape index (κ2) is 7.16. The van der Waals surface area contributed by atoms with E-state index in [0.717, 1.165) is 4.68 Å². The Balaban J connectivity index is 1.92. The lowest BCUT2D eigenvalue weighted by Gasteiger charge is -2.07. The molecular formula is C18H15N5O4. The Labute approximate surface area is 153 Å². The number of nitro benzene ring substituents is 1. The molecule has 3 rings (SSSR count). The molecule has 0 aliphatic heterocycles. The van der Waals surface area contributed by atoms with Crippen LogP contribution in [0.15, 0.2) is 58.4 Å². The van der Waals surface area contributed by atoms with Gasteiger partial charge in [0.25, 0.3) is 17.2 Å². The highest BCUT2D eigenvalue weighted by Crippen LogP contribution is 2.15. The van der Waals surface area contributed by atoms with Crippen molar-refractivity contribution in [3.05, 3.63) is 80.3 Å². The number of nitrogens with zero attached hydrogens (tertiary/aromatic N) is 4. The molecule has 0 atom stereocenters. The van der Waals surface area contributed by atoms with Gasteiger partial charge >= 0.3 is 0 Å². The number of benzene rings is 2. The first kappa shape index (κ1) is 17.9. The number of nitrogens with one attached hydrogen (secondary N) is 1. The summed E-state index contributed by atoms with van der Waals surface area (Å²) in [4.78, 5) is 35.0. The number of non-ortho nitro benzene ring substituents is 1. The summed E-state index contributed by atoms with van der Waals surface area (Å²) in [7, 11) is 1.46. The van der Waals surface area contributed by atoms with E-state index in [1.54, 1.807) is 37.3 Å². The molecule has 0 radical (unpaired) electrons. The van der Waals surface area contributed by atoms with E-state index in [4.69, 9.17) is 0 Å². The predicted molar refractivity (Wildman–Crippen MR) is 99.8 cm³/mol. The zero-order valence-electron chi connectivity index (χ0n) is 14.5. The van der Waals surface area contributed by atoms with Crippen LogP contribution in [0.25, 0.3) is 10.8 Å². The quantitative estimate of drug-likeness (QED) is 0.431. The highest BCUT2D eigenvalue weighted by atomic mass is 16.6. The number of aromatic nitrogens is 2. The van der Waals surface area contributed by atoms with E-state index in [0.29, 0.717) is 22.0 Å². The van der Waals surface area contributed by atoms with Gasteiger partial charge in [-0.3, -0.25) is 19.7 Å². The van der Waals surface area contributed by atoms with Crippen LogP contribution in [0, 0.1) is 10.1 Å². The van der Waals surface area contributed by atoms with Crippen molar-refractivity contribution in [2.75, 3.05) is 0 Å². The molecule has 1 amide bonds. The predicted octanol–water partition coefficient (Wildman–Crippen LogP) is 2.00. The van der Waals surface area contributed by atoms with Crippen LogP contribution in [-0.4, -0.2) is 26.3 Å². The first-order valence-electron chi connectivity index (χ1n) is 7.94. The molecule has 9 nitrogen and oxygen atoms in total. The Morgan fingerprint density at radius 2 is 1.89 bits per heavy atom. The maximum absolute atomic E-state index is 12.5. The van der Waals surface area contributed by atoms with Gasteiger partial charge in [-0.15, -0.1) is 0 Å². The molecule has 0 saturated heterocycles. The number of carbonyl (C=O) groups is 1. The normalized spacial score (nSPS) is 11.4. The molecule has 0 spiro atoms. The minimum absolute atomic E-state index is 0.0586. The van der Waals surface area contributed by atoms with Gasteiger partial charge in [-0.2, -0.15) is 10.2 Å². The van der Waals surface area contributed by atoms with Crippen LogP contribution in [0.2, 0.25) is 0 Å². The summed E-state index contributed by atoms with van der Waals surface area (Å²) in [6, 6.07) is 12.6. The zero-order valence-corrected chi connectivity index (χ0v) is 14.5. The van der Waals surface area contributed by atoms with E-state index in [1.807, 2.05) is 0 Å². The van der Waals surface area contributed by atoms with Gasteiger partial charge in [-0.05, 0) is 13.0 Å². The zero-order chi connectivity index (χ0) is 19.6. The molecule has 0 aliphatic rings. The van der Waals surface area contributed by atoms with Gasteiger partial charge < -0.3 is 0 Å². The second-order valence-electron chi connectivity index (χ2n) is 5.77. The Kier molecular flexibility index (Phi) is 4.75. The monoisotopic (exact) mass is 365 g/mol. The van der Waals surface area contributed by atoms with Crippen molar-refractivity contribution < 1.29 is 9.72 Å². The number of hydrogen-bond acceptors (Lipinski definition) is 6. The number of nitro groups is 1. The molecule has 0 saturated carbocycles. The van der Waals surface area contributed by atoms with Crippen molar-refractivity contribution in [1.29, 1.82) is 0 Å². The summed E-state index contributed by atoms with van der Waals surface area (Å²) < 4.78 is 1.09. The largest absolute Gasteiger partial charge is 0.292 e. The fourth-order valence-electron chi connectivity index (χ4n) is 2.56. The van der Waals surface area contributed by atoms with E-state index in [2.05, 4.69) is 15.6 Å². The highest BCUT2D eigenvalue weighted by molar-refractivity contribution is 6.06. The van der Waals surface area contributed by atoms with Crippen LogP contribution in [-0.2, 0) is 7.05 Å². The summed E-state index contributed by atoms with van der Waals surface area (Å²) in [6.45, 7) is 1.62. The maximum Gasteiger partial charge on any atom is 0.292 e. The molecule has 2 aromatic carbocycles. The molecule has 27 heavy (non-hydrogen) atoms. The second-order valence-corrected chi connectivity index (χ2v) is 5.77. The number of hydrogen-bond donors (Lipinski definition) is 1. The minimum Gasteiger partial charge on any atom is -0.267 e. The summed E-state index contributed by atoms with van der Waals surface area (Å²) in [5.74, 6) is -0.591. The van der Waals surface area contributed by atoms with Crippen LogP contribution in [0.1, 0.15) is 23.0 Å². The minimum atomic E-state index is -0.591. The van der Waals surface area contributed by atoms with E-state index < -0.39 is 10.8 Å². The first-order valence-corrected chi connectivity index (χ1v) is 7.94. The third-order valence-electron chi connectivity index (χ3n) is 3.97. The average Bonchev–Trinajstić information content (AvgIpc) is 2.68. The number of fused-ring (bicyclic) bond motifs is 1. The fourth-order valence-corrected chi connectivity index (χ4v) is 2.56. The highest BCUT2D eigenvalue weighted by Gasteiger charge is 2.15. The van der Waals surface area contributed by atoms with Crippen LogP contribution in [0.4, 0.5) is 5.69 Å². The van der Waals surface area contributed by atoms with E-state index >= 15 is 0 Å². The van der Waals surface area contributed by atoms with Crippen molar-refractivity contribution in [2.45, 2.75) is 6.92 Å². The third kappa shape index (κ3) is 3.56. The molecule has 0 aliphatic carbocycles. The van der Waals surface area contributed by atoms with Gasteiger partial charge in [0.1, 0.15) is 0 Å². The van der Waals surface area contributed by atoms with Crippen LogP contribution >= 0.6 is 0 Å². The molecule has 0 bridgehead atoms. The van der Waals surface area contributed by atoms with E-state index in [-0.39, 0.29) is 16.9 Å². The number of aryl methyl sites for hydroxylation is 1. The van der Waals surface area contributed by atoms with Crippen molar-refractivity contribution in [2.24, 2.45) is 12.1 Å². The number of carbonyl (C=O) groups excluding carboxylic acids is 1. The number of hydrazone groups is 1. The van der Waals surface area contributed by atoms with Gasteiger partial charge in [-0.25, -0.2) is 10.1 Å². The SMILES string of the molecule is C/C(=N/NC(=O)c1nn(C)c(=O)c2ccccc12)c1cccc([N+](=O)[O-])c1. The lowest BCUT2D eigenvalue weighted by atomic mass is 10.1. The van der Waals surface area contributed by atoms with Crippen molar-refractivity contribution >= 4 is 28.1 Å². The molecule has 0 fully saturated rings. The Morgan fingerprint density at radius 3 is 2.59 bits per heavy atom. The maximum atomic E-state index is 12.5. The average molecular weight is 365 g/mol. The smallest absolute Gasteiger partial charge is 0.267 e. The van der Waals surface area contributed by atoms with E-state index in [9.17, 15) is 19.7 Å². The Morgan fingerprint density at radius 1 is 1.19 bits per heavy atom. The summed E-state index contributed by atoms with van der Waals surface area (Å²) in [6.07, 6.45) is 0. The lowest BCUT2D eigenvalue weighted by Crippen LogP contribution is -2.27. The first-order chi connectivity index (χ1) is 12.9. The molecule has 9 heteroatoms. The molecule has 3 aromatic rings. The fraction of sp³-hybridized carbons (Fsp3) is 0.111. The molecule has 1 aromatic heterocycles. The Bertz CT molecular complexity index is 1150. The number of amides is 1. The molecule has 1 heterocycles.